The number of amides is 1. The van der Waals surface area contributed by atoms with Crippen molar-refractivity contribution in [2.24, 2.45) is 0 Å². The lowest BCUT2D eigenvalue weighted by atomic mass is 10.2. The van der Waals surface area contributed by atoms with E-state index in [1.165, 1.54) is 0 Å². The smallest absolute Gasteiger partial charge is 0.338 e. The van der Waals surface area contributed by atoms with Gasteiger partial charge < -0.3 is 15.8 Å². The number of carbonyl (C=O) groups excluding carboxylic acids is 2. The van der Waals surface area contributed by atoms with Gasteiger partial charge in [-0.2, -0.15) is 0 Å². The summed E-state index contributed by atoms with van der Waals surface area (Å²) in [5.41, 5.74) is 7.12. The van der Waals surface area contributed by atoms with E-state index < -0.39 is 12.1 Å². The van der Waals surface area contributed by atoms with Crippen LogP contribution in [0.5, 0.6) is 0 Å². The van der Waals surface area contributed by atoms with Gasteiger partial charge in [-0.25, -0.2) is 4.79 Å². The fourth-order valence-electron chi connectivity index (χ4n) is 1.91. The lowest BCUT2D eigenvalue weighted by molar-refractivity contribution is -0.124. The summed E-state index contributed by atoms with van der Waals surface area (Å²) in [6.07, 6.45) is -0.496. The molecule has 0 aliphatic carbocycles. The van der Waals surface area contributed by atoms with Crippen molar-refractivity contribution in [3.8, 4) is 0 Å². The van der Waals surface area contributed by atoms with Crippen LogP contribution in [-0.2, 0) is 9.53 Å². The average Bonchev–Trinajstić information content (AvgIpc) is 2.55. The maximum atomic E-state index is 12.3. The predicted octanol–water partition coefficient (Wildman–Crippen LogP) is 3.61. The Morgan fingerprint density at radius 3 is 2.43 bits per heavy atom. The molecule has 0 bridgehead atoms. The molecule has 1 unspecified atom stereocenters. The summed E-state index contributed by atoms with van der Waals surface area (Å²) < 4.78 is 6.05. The molecule has 0 aromatic heterocycles. The zero-order valence-electron chi connectivity index (χ0n) is 12.6. The van der Waals surface area contributed by atoms with E-state index in [9.17, 15) is 9.59 Å². The third-order valence-electron chi connectivity index (χ3n) is 3.19. The van der Waals surface area contributed by atoms with Crippen molar-refractivity contribution < 1.29 is 14.3 Å². The molecule has 0 aliphatic rings. The highest BCUT2D eigenvalue weighted by molar-refractivity contribution is 9.10. The van der Waals surface area contributed by atoms with E-state index in [1.54, 1.807) is 37.3 Å². The number of carbonyl (C=O) groups is 2. The van der Waals surface area contributed by atoms with Crippen molar-refractivity contribution in [1.29, 1.82) is 0 Å². The van der Waals surface area contributed by atoms with E-state index in [4.69, 9.17) is 10.5 Å². The highest BCUT2D eigenvalue weighted by Gasteiger charge is 2.22. The third-order valence-corrected chi connectivity index (χ3v) is 3.88. The van der Waals surface area contributed by atoms with E-state index in [2.05, 4.69) is 21.2 Å². The molecule has 0 spiro atoms. The van der Waals surface area contributed by atoms with Gasteiger partial charge in [-0.05, 0) is 58.7 Å². The Kier molecular flexibility index (Phi) is 5.76. The highest BCUT2D eigenvalue weighted by atomic mass is 79.9. The molecule has 2 aromatic carbocycles. The van der Waals surface area contributed by atoms with Gasteiger partial charge in [-0.1, -0.05) is 19.1 Å². The Bertz CT molecular complexity index is 701. The molecule has 6 heteroatoms. The molecule has 120 valence electrons. The van der Waals surface area contributed by atoms with Crippen LogP contribution in [0.25, 0.3) is 0 Å². The number of hydrogen-bond donors (Lipinski definition) is 2. The first-order valence-electron chi connectivity index (χ1n) is 7.13. The maximum Gasteiger partial charge on any atom is 0.338 e. The summed E-state index contributed by atoms with van der Waals surface area (Å²) in [7, 11) is 0. The summed E-state index contributed by atoms with van der Waals surface area (Å²) in [4.78, 5) is 24.4. The van der Waals surface area contributed by atoms with Crippen molar-refractivity contribution in [3.05, 3.63) is 58.6 Å². The van der Waals surface area contributed by atoms with Gasteiger partial charge in [0, 0.05) is 10.2 Å². The molecule has 0 saturated carbocycles. The number of esters is 1. The number of ether oxygens (including phenoxy) is 1. The first-order valence-corrected chi connectivity index (χ1v) is 7.92. The van der Waals surface area contributed by atoms with Crippen molar-refractivity contribution in [2.75, 3.05) is 11.1 Å². The van der Waals surface area contributed by atoms with Crippen molar-refractivity contribution >= 4 is 39.2 Å². The predicted molar refractivity (Wildman–Crippen MR) is 93.1 cm³/mol. The van der Waals surface area contributed by atoms with Crippen LogP contribution in [0, 0.1) is 0 Å². The van der Waals surface area contributed by atoms with Gasteiger partial charge in [0.1, 0.15) is 0 Å². The summed E-state index contributed by atoms with van der Waals surface area (Å²) in [5, 5.41) is 2.74. The van der Waals surface area contributed by atoms with Gasteiger partial charge in [0.25, 0.3) is 5.91 Å². The number of para-hydroxylation sites is 1. The second-order valence-electron chi connectivity index (χ2n) is 4.89. The Morgan fingerprint density at radius 2 is 1.83 bits per heavy atom. The van der Waals surface area contributed by atoms with Gasteiger partial charge in [0.15, 0.2) is 6.10 Å². The SMILES string of the molecule is CCC(OC(=O)c1ccc(N)cc1)C(=O)Nc1ccccc1Br. The molecule has 2 aromatic rings. The number of benzene rings is 2. The lowest BCUT2D eigenvalue weighted by Crippen LogP contribution is -2.32. The molecule has 0 radical (unpaired) electrons. The molecule has 1 atom stereocenters. The van der Waals surface area contributed by atoms with E-state index >= 15 is 0 Å². The molecular weight excluding hydrogens is 360 g/mol. The van der Waals surface area contributed by atoms with Gasteiger partial charge in [0.05, 0.1) is 11.3 Å². The van der Waals surface area contributed by atoms with Crippen LogP contribution in [0.1, 0.15) is 23.7 Å². The minimum Gasteiger partial charge on any atom is -0.449 e. The number of anilines is 2. The van der Waals surface area contributed by atoms with E-state index in [1.807, 2.05) is 18.2 Å². The molecule has 0 heterocycles. The molecule has 0 aliphatic heterocycles. The van der Waals surface area contributed by atoms with Gasteiger partial charge >= 0.3 is 5.97 Å². The fraction of sp³-hybridized carbons (Fsp3) is 0.176. The summed E-state index contributed by atoms with van der Waals surface area (Å²) in [6, 6.07) is 13.6. The molecule has 5 nitrogen and oxygen atoms in total. The zero-order chi connectivity index (χ0) is 16.8. The second-order valence-corrected chi connectivity index (χ2v) is 5.75. The largest absolute Gasteiger partial charge is 0.449 e. The number of hydrogen-bond acceptors (Lipinski definition) is 4. The molecule has 0 saturated heterocycles. The Hall–Kier alpha value is -2.34. The highest BCUT2D eigenvalue weighted by Crippen LogP contribution is 2.22. The molecule has 23 heavy (non-hydrogen) atoms. The van der Waals surface area contributed by atoms with Gasteiger partial charge in [-0.3, -0.25) is 4.79 Å². The number of nitrogens with two attached hydrogens (primary N) is 1. The monoisotopic (exact) mass is 376 g/mol. The van der Waals surface area contributed by atoms with Crippen LogP contribution < -0.4 is 11.1 Å². The summed E-state index contributed by atoms with van der Waals surface area (Å²) in [6.45, 7) is 1.78. The topological polar surface area (TPSA) is 81.4 Å². The van der Waals surface area contributed by atoms with Crippen molar-refractivity contribution in [3.63, 3.8) is 0 Å². The zero-order valence-corrected chi connectivity index (χ0v) is 14.2. The molecule has 0 fully saturated rings. The fourth-order valence-corrected chi connectivity index (χ4v) is 2.30. The first kappa shape index (κ1) is 17.0. The molecule has 1 amide bonds. The van der Waals surface area contributed by atoms with Gasteiger partial charge in [-0.15, -0.1) is 0 Å². The van der Waals surface area contributed by atoms with Crippen LogP contribution in [0.4, 0.5) is 11.4 Å². The molecule has 3 N–H and O–H groups in total. The minimum absolute atomic E-state index is 0.353. The van der Waals surface area contributed by atoms with E-state index in [0.29, 0.717) is 23.4 Å². The number of rotatable bonds is 5. The minimum atomic E-state index is -0.868. The van der Waals surface area contributed by atoms with Gasteiger partial charge in [0.2, 0.25) is 0 Å². The first-order chi connectivity index (χ1) is 11.0. The second kappa shape index (κ2) is 7.78. The Balaban J connectivity index is 2.04. The van der Waals surface area contributed by atoms with Crippen LogP contribution in [0.2, 0.25) is 0 Å². The number of nitrogen functional groups attached to an aromatic ring is 1. The molecular formula is C17H17BrN2O3. The summed E-state index contributed by atoms with van der Waals surface area (Å²) >= 11 is 3.36. The Morgan fingerprint density at radius 1 is 1.17 bits per heavy atom. The number of nitrogens with one attached hydrogen (secondary N) is 1. The van der Waals surface area contributed by atoms with Crippen molar-refractivity contribution in [1.82, 2.24) is 0 Å². The van der Waals surface area contributed by atoms with Crippen LogP contribution in [0.3, 0.4) is 0 Å². The van der Waals surface area contributed by atoms with E-state index in [0.717, 1.165) is 4.47 Å². The van der Waals surface area contributed by atoms with Crippen molar-refractivity contribution in [2.45, 2.75) is 19.4 Å². The third kappa shape index (κ3) is 4.56. The summed E-state index contributed by atoms with van der Waals surface area (Å²) in [5.74, 6) is -0.928. The standard InChI is InChI=1S/C17H17BrN2O3/c1-2-15(16(21)20-14-6-4-3-5-13(14)18)23-17(22)11-7-9-12(19)10-8-11/h3-10,15H,2,19H2,1H3,(H,20,21). The quantitative estimate of drug-likeness (QED) is 0.616. The lowest BCUT2D eigenvalue weighted by Gasteiger charge is -2.16. The van der Waals surface area contributed by atoms with Crippen LogP contribution in [-0.4, -0.2) is 18.0 Å². The van der Waals surface area contributed by atoms with E-state index in [-0.39, 0.29) is 5.91 Å². The van der Waals surface area contributed by atoms with Crippen LogP contribution in [0.15, 0.2) is 53.0 Å². The molecule has 2 rings (SSSR count). The normalized spacial score (nSPS) is 11.6. The maximum absolute atomic E-state index is 12.3. The number of halogens is 1. The average molecular weight is 377 g/mol. The Labute approximate surface area is 143 Å². The van der Waals surface area contributed by atoms with Crippen LogP contribution >= 0.6 is 15.9 Å².